The van der Waals surface area contributed by atoms with Crippen LogP contribution in [0.15, 0.2) is 53.3 Å². The summed E-state index contributed by atoms with van der Waals surface area (Å²) < 4.78 is 10.8. The van der Waals surface area contributed by atoms with Crippen LogP contribution >= 0.6 is 0 Å². The minimum Gasteiger partial charge on any atom is -0.454 e. The van der Waals surface area contributed by atoms with Gasteiger partial charge < -0.3 is 9.47 Å². The van der Waals surface area contributed by atoms with Crippen molar-refractivity contribution in [3.05, 3.63) is 59.4 Å². The highest BCUT2D eigenvalue weighted by atomic mass is 16.7. The van der Waals surface area contributed by atoms with Crippen LogP contribution < -0.4 is 9.47 Å². The lowest BCUT2D eigenvalue weighted by atomic mass is 9.95. The molecule has 0 unspecified atom stereocenters. The highest BCUT2D eigenvalue weighted by molar-refractivity contribution is 6.15. The van der Waals surface area contributed by atoms with Crippen molar-refractivity contribution < 1.29 is 9.47 Å². The summed E-state index contributed by atoms with van der Waals surface area (Å²) in [5.74, 6) is 1.62. The summed E-state index contributed by atoms with van der Waals surface area (Å²) in [7, 11) is 0. The van der Waals surface area contributed by atoms with Gasteiger partial charge in [-0.05, 0) is 54.3 Å². The van der Waals surface area contributed by atoms with E-state index >= 15 is 0 Å². The minimum atomic E-state index is 0.303. The number of rotatable bonds is 2. The number of fused-ring (bicyclic) bond motifs is 1. The third-order valence-corrected chi connectivity index (χ3v) is 3.85. The van der Waals surface area contributed by atoms with E-state index in [2.05, 4.69) is 23.2 Å². The van der Waals surface area contributed by atoms with Gasteiger partial charge in [-0.2, -0.15) is 0 Å². The summed E-state index contributed by atoms with van der Waals surface area (Å²) >= 11 is 0. The molecule has 22 heavy (non-hydrogen) atoms. The van der Waals surface area contributed by atoms with Gasteiger partial charge in [0.1, 0.15) is 0 Å². The molecule has 0 spiro atoms. The van der Waals surface area contributed by atoms with Gasteiger partial charge in [0.2, 0.25) is 6.79 Å². The zero-order valence-electron chi connectivity index (χ0n) is 12.2. The number of allylic oxidation sites excluding steroid dienone is 1. The largest absolute Gasteiger partial charge is 0.454 e. The van der Waals surface area contributed by atoms with E-state index in [1.54, 1.807) is 6.20 Å². The molecule has 4 heteroatoms. The van der Waals surface area contributed by atoms with Crippen molar-refractivity contribution in [2.24, 2.45) is 4.99 Å². The Labute approximate surface area is 129 Å². The Morgan fingerprint density at radius 1 is 1.09 bits per heavy atom. The Morgan fingerprint density at radius 3 is 2.95 bits per heavy atom. The number of aliphatic imine (C=N–C) groups is 1. The van der Waals surface area contributed by atoms with Crippen LogP contribution in [0, 0.1) is 0 Å². The molecule has 3 heterocycles. The zero-order valence-corrected chi connectivity index (χ0v) is 12.2. The molecule has 0 fully saturated rings. The summed E-state index contributed by atoms with van der Waals surface area (Å²) in [6.07, 6.45) is 7.96. The fourth-order valence-electron chi connectivity index (χ4n) is 2.80. The standard InChI is InChI=1S/C18H16N2O2/c1-4-15(11-19-7-1)18-14(3-2-8-20-18)9-13-5-6-16-17(10-13)22-12-21-16/h1,4-7,9-11H,2-3,8,12H2/b14-9+. The van der Waals surface area contributed by atoms with Crippen LogP contribution in [-0.2, 0) is 0 Å². The second kappa shape index (κ2) is 5.64. The van der Waals surface area contributed by atoms with Gasteiger partial charge >= 0.3 is 0 Å². The lowest BCUT2D eigenvalue weighted by Gasteiger charge is -2.16. The third-order valence-electron chi connectivity index (χ3n) is 3.85. The van der Waals surface area contributed by atoms with E-state index in [4.69, 9.17) is 14.5 Å². The Hall–Kier alpha value is -2.62. The van der Waals surface area contributed by atoms with E-state index in [0.717, 1.165) is 47.7 Å². The van der Waals surface area contributed by atoms with Gasteiger partial charge in [-0.1, -0.05) is 6.07 Å². The van der Waals surface area contributed by atoms with Crippen molar-refractivity contribution in [1.82, 2.24) is 4.98 Å². The molecule has 4 nitrogen and oxygen atoms in total. The van der Waals surface area contributed by atoms with Crippen LogP contribution in [-0.4, -0.2) is 24.0 Å². The Morgan fingerprint density at radius 2 is 2.05 bits per heavy atom. The van der Waals surface area contributed by atoms with E-state index in [9.17, 15) is 0 Å². The third kappa shape index (κ3) is 2.48. The molecule has 0 saturated carbocycles. The molecule has 0 aliphatic carbocycles. The molecule has 0 saturated heterocycles. The molecule has 110 valence electrons. The normalized spacial score (nSPS) is 18.4. The number of ether oxygens (including phenoxy) is 2. The topological polar surface area (TPSA) is 43.7 Å². The van der Waals surface area contributed by atoms with E-state index in [0.29, 0.717) is 6.79 Å². The second-order valence-electron chi connectivity index (χ2n) is 5.36. The highest BCUT2D eigenvalue weighted by Crippen LogP contribution is 2.33. The summed E-state index contributed by atoms with van der Waals surface area (Å²) in [4.78, 5) is 8.91. The number of hydrogen-bond donors (Lipinski definition) is 0. The highest BCUT2D eigenvalue weighted by Gasteiger charge is 2.16. The van der Waals surface area contributed by atoms with Crippen molar-refractivity contribution in [2.75, 3.05) is 13.3 Å². The monoisotopic (exact) mass is 292 g/mol. The van der Waals surface area contributed by atoms with Gasteiger partial charge in [-0.15, -0.1) is 0 Å². The molecule has 2 aromatic rings. The maximum Gasteiger partial charge on any atom is 0.231 e. The second-order valence-corrected chi connectivity index (χ2v) is 5.36. The Bertz CT molecular complexity index is 751. The molecular weight excluding hydrogens is 276 g/mol. The van der Waals surface area contributed by atoms with E-state index < -0.39 is 0 Å². The van der Waals surface area contributed by atoms with Gasteiger partial charge in [0.05, 0.1) is 5.71 Å². The van der Waals surface area contributed by atoms with Crippen LogP contribution in [0.5, 0.6) is 11.5 Å². The number of nitrogens with zero attached hydrogens (tertiary/aromatic N) is 2. The first-order valence-electron chi connectivity index (χ1n) is 7.45. The van der Waals surface area contributed by atoms with Crippen LogP contribution in [0.4, 0.5) is 0 Å². The molecule has 2 aliphatic heterocycles. The summed E-state index contributed by atoms with van der Waals surface area (Å²) in [6.45, 7) is 1.18. The van der Waals surface area contributed by atoms with E-state index in [1.165, 1.54) is 5.57 Å². The molecule has 0 radical (unpaired) electrons. The molecule has 2 aliphatic rings. The maximum absolute atomic E-state index is 5.45. The van der Waals surface area contributed by atoms with E-state index in [-0.39, 0.29) is 0 Å². The van der Waals surface area contributed by atoms with Crippen LogP contribution in [0.2, 0.25) is 0 Å². The van der Waals surface area contributed by atoms with Crippen molar-refractivity contribution in [3.63, 3.8) is 0 Å². The summed E-state index contributed by atoms with van der Waals surface area (Å²) in [5.41, 5.74) is 4.49. The van der Waals surface area contributed by atoms with Gasteiger partial charge in [-0.3, -0.25) is 9.98 Å². The lowest BCUT2D eigenvalue weighted by molar-refractivity contribution is 0.174. The molecule has 0 N–H and O–H groups in total. The first-order chi connectivity index (χ1) is 10.9. The fraction of sp³-hybridized carbons (Fsp3) is 0.222. The van der Waals surface area contributed by atoms with Crippen molar-refractivity contribution >= 4 is 11.8 Å². The quantitative estimate of drug-likeness (QED) is 0.851. The predicted molar refractivity (Wildman–Crippen MR) is 85.4 cm³/mol. The maximum atomic E-state index is 5.45. The number of aromatic nitrogens is 1. The SMILES string of the molecule is C(=C1/CCCN=C1c1cccnc1)/c1ccc2c(c1)OCO2. The van der Waals surface area contributed by atoms with Crippen molar-refractivity contribution in [3.8, 4) is 11.5 Å². The predicted octanol–water partition coefficient (Wildman–Crippen LogP) is 3.48. The average molecular weight is 292 g/mol. The first-order valence-corrected chi connectivity index (χ1v) is 7.45. The Balaban J connectivity index is 1.70. The number of pyridine rings is 1. The van der Waals surface area contributed by atoms with Crippen LogP contribution in [0.3, 0.4) is 0 Å². The average Bonchev–Trinajstić information content (AvgIpc) is 3.04. The Kier molecular flexibility index (Phi) is 3.35. The molecule has 4 rings (SSSR count). The van der Waals surface area contributed by atoms with Crippen molar-refractivity contribution in [1.29, 1.82) is 0 Å². The summed E-state index contributed by atoms with van der Waals surface area (Å²) in [6, 6.07) is 10.0. The van der Waals surface area contributed by atoms with Gasteiger partial charge in [0, 0.05) is 24.5 Å². The van der Waals surface area contributed by atoms with Gasteiger partial charge in [0.15, 0.2) is 11.5 Å². The molecule has 1 aromatic carbocycles. The molecule has 0 bridgehead atoms. The van der Waals surface area contributed by atoms with Crippen LogP contribution in [0.25, 0.3) is 6.08 Å². The molecule has 0 atom stereocenters. The fourth-order valence-corrected chi connectivity index (χ4v) is 2.80. The van der Waals surface area contributed by atoms with Gasteiger partial charge in [0.25, 0.3) is 0 Å². The van der Waals surface area contributed by atoms with Crippen LogP contribution in [0.1, 0.15) is 24.0 Å². The zero-order chi connectivity index (χ0) is 14.8. The smallest absolute Gasteiger partial charge is 0.231 e. The molecule has 0 amide bonds. The van der Waals surface area contributed by atoms with Gasteiger partial charge in [-0.25, -0.2) is 0 Å². The first kappa shape index (κ1) is 13.1. The molecular formula is C18H16N2O2. The number of benzene rings is 1. The van der Waals surface area contributed by atoms with Crippen molar-refractivity contribution in [2.45, 2.75) is 12.8 Å². The number of hydrogen-bond acceptors (Lipinski definition) is 4. The molecule has 1 aromatic heterocycles. The summed E-state index contributed by atoms with van der Waals surface area (Å²) in [5, 5.41) is 0. The lowest BCUT2D eigenvalue weighted by Crippen LogP contribution is -2.11. The minimum absolute atomic E-state index is 0.303. The van der Waals surface area contributed by atoms with E-state index in [1.807, 2.05) is 24.4 Å².